The first kappa shape index (κ1) is 28.0. The zero-order chi connectivity index (χ0) is 27.6. The molecule has 0 spiro atoms. The number of halogens is 3. The molecule has 4 atom stereocenters. The monoisotopic (exact) mass is 532 g/mol. The van der Waals surface area contributed by atoms with Gasteiger partial charge in [-0.3, -0.25) is 4.79 Å². The predicted molar refractivity (Wildman–Crippen MR) is 130 cm³/mol. The van der Waals surface area contributed by atoms with E-state index in [1.807, 2.05) is 0 Å². The predicted octanol–water partition coefficient (Wildman–Crippen LogP) is 4.87. The summed E-state index contributed by atoms with van der Waals surface area (Å²) in [5, 5.41) is 12.2. The number of nitrogens with zero attached hydrogens (tertiary/aromatic N) is 1. The van der Waals surface area contributed by atoms with Gasteiger partial charge >= 0.3 is 6.18 Å². The van der Waals surface area contributed by atoms with E-state index in [0.29, 0.717) is 17.7 Å². The quantitative estimate of drug-likeness (QED) is 0.522. The third kappa shape index (κ3) is 6.18. The van der Waals surface area contributed by atoms with Gasteiger partial charge < -0.3 is 24.3 Å². The number of carbonyl (C=O) groups is 1. The highest BCUT2D eigenvalue weighted by Gasteiger charge is 2.58. The Balaban J connectivity index is 1.62. The summed E-state index contributed by atoms with van der Waals surface area (Å²) in [7, 11) is 0. The molecule has 0 unspecified atom stereocenters. The Labute approximate surface area is 219 Å². The van der Waals surface area contributed by atoms with Crippen LogP contribution in [0.2, 0.25) is 0 Å². The van der Waals surface area contributed by atoms with Crippen molar-refractivity contribution in [2.75, 3.05) is 6.54 Å². The zero-order valence-electron chi connectivity index (χ0n) is 21.5. The lowest BCUT2D eigenvalue weighted by Crippen LogP contribution is -2.60. The number of nitriles is 1. The number of ether oxygens (including phenoxy) is 4. The second-order valence-electron chi connectivity index (χ2n) is 10.0. The summed E-state index contributed by atoms with van der Waals surface area (Å²) in [6.07, 6.45) is -5.97. The van der Waals surface area contributed by atoms with Crippen LogP contribution < -0.4 is 5.32 Å². The summed E-state index contributed by atoms with van der Waals surface area (Å²) in [5.41, 5.74) is -0.784. The number of hydrogen-bond donors (Lipinski definition) is 1. The van der Waals surface area contributed by atoms with Crippen molar-refractivity contribution in [2.45, 2.75) is 82.7 Å². The van der Waals surface area contributed by atoms with E-state index in [4.69, 9.17) is 18.9 Å². The lowest BCUT2D eigenvalue weighted by molar-refractivity contribution is -0.183. The molecule has 1 N–H and O–H groups in total. The minimum absolute atomic E-state index is 0.0904. The van der Waals surface area contributed by atoms with Crippen molar-refractivity contribution < 1.29 is 36.9 Å². The summed E-state index contributed by atoms with van der Waals surface area (Å²) in [5.74, 6) is -1.33. The van der Waals surface area contributed by atoms with Crippen molar-refractivity contribution in [1.29, 1.82) is 5.26 Å². The van der Waals surface area contributed by atoms with Crippen molar-refractivity contribution in [3.8, 4) is 6.07 Å². The number of hydrogen-bond acceptors (Lipinski definition) is 6. The van der Waals surface area contributed by atoms with E-state index >= 15 is 0 Å². The maximum atomic E-state index is 13.4. The van der Waals surface area contributed by atoms with Crippen LogP contribution in [0.5, 0.6) is 0 Å². The Bertz CT molecular complexity index is 1200. The molecule has 38 heavy (non-hydrogen) atoms. The fraction of sp³-hybridized carbons (Fsp3) is 0.500. The molecule has 1 heterocycles. The van der Waals surface area contributed by atoms with Gasteiger partial charge in [-0.25, -0.2) is 0 Å². The standard InChI is InChI=1S/C28H31F3N2O5/c1-4-33-25(34)27(36-16-18-8-7-11-21(12-18)28(29,30)31)13-22(24-23(14-27)37-26(2,3)38-24)35-17-20-10-6-5-9-19(20)15-32/h5-12,22-24H,4,13-14,16-17H2,1-3H3,(H,33,34)/t22-,23+,24-,27+/m0/s1. The third-order valence-electron chi connectivity index (χ3n) is 6.76. The second kappa shape index (κ2) is 11.0. The molecule has 2 fully saturated rings. The molecule has 0 aromatic heterocycles. The van der Waals surface area contributed by atoms with Crippen molar-refractivity contribution >= 4 is 5.91 Å². The van der Waals surface area contributed by atoms with Crippen molar-refractivity contribution in [3.05, 3.63) is 70.8 Å². The van der Waals surface area contributed by atoms with Gasteiger partial charge in [0.15, 0.2) is 11.4 Å². The molecule has 4 rings (SSSR count). The van der Waals surface area contributed by atoms with Crippen molar-refractivity contribution in [2.24, 2.45) is 0 Å². The third-order valence-corrected chi connectivity index (χ3v) is 6.76. The number of rotatable bonds is 8. The molecule has 0 radical (unpaired) electrons. The minimum Gasteiger partial charge on any atom is -0.371 e. The van der Waals surface area contributed by atoms with Gasteiger partial charge in [0, 0.05) is 19.4 Å². The number of fused-ring (bicyclic) bond motifs is 1. The first-order chi connectivity index (χ1) is 18.0. The molecule has 10 heteroatoms. The minimum atomic E-state index is -4.50. The van der Waals surface area contributed by atoms with Crippen LogP contribution in [-0.4, -0.2) is 42.2 Å². The van der Waals surface area contributed by atoms with Gasteiger partial charge in [-0.15, -0.1) is 0 Å². The van der Waals surface area contributed by atoms with Gasteiger partial charge in [0.1, 0.15) is 6.10 Å². The van der Waals surface area contributed by atoms with Gasteiger partial charge in [-0.05, 0) is 50.1 Å². The summed E-state index contributed by atoms with van der Waals surface area (Å²) in [4.78, 5) is 13.4. The largest absolute Gasteiger partial charge is 0.416 e. The number of alkyl halides is 3. The molecule has 2 aromatic rings. The number of nitrogens with one attached hydrogen (secondary N) is 1. The maximum absolute atomic E-state index is 13.4. The zero-order valence-corrected chi connectivity index (χ0v) is 21.5. The Kier molecular flexibility index (Phi) is 8.14. The van der Waals surface area contributed by atoms with Crippen LogP contribution in [-0.2, 0) is 43.1 Å². The van der Waals surface area contributed by atoms with Crippen molar-refractivity contribution in [3.63, 3.8) is 0 Å². The van der Waals surface area contributed by atoms with Crippen molar-refractivity contribution in [1.82, 2.24) is 5.32 Å². The molecule has 204 valence electrons. The SMILES string of the molecule is CCNC(=O)[C@@]1(OCc2cccc(C(F)(F)F)c2)C[C@H](OCc2ccccc2C#N)[C@@H]2OC(C)(C)O[C@@H]2C1. The average molecular weight is 533 g/mol. The maximum Gasteiger partial charge on any atom is 0.416 e. The van der Waals surface area contributed by atoms with Crippen LogP contribution in [0.4, 0.5) is 13.2 Å². The molecule has 2 aliphatic rings. The topological polar surface area (TPSA) is 89.8 Å². The molecule has 2 aromatic carbocycles. The van der Waals surface area contributed by atoms with E-state index in [1.165, 1.54) is 12.1 Å². The van der Waals surface area contributed by atoms with Gasteiger partial charge in [0.25, 0.3) is 5.91 Å². The van der Waals surface area contributed by atoms with E-state index in [2.05, 4.69) is 11.4 Å². The molecule has 1 aliphatic heterocycles. The summed E-state index contributed by atoms with van der Waals surface area (Å²) in [6.45, 7) is 5.53. The lowest BCUT2D eigenvalue weighted by Gasteiger charge is -2.43. The molecule has 0 bridgehead atoms. The number of likely N-dealkylation sites (N-methyl/N-ethyl adjacent to an activating group) is 1. The van der Waals surface area contributed by atoms with E-state index in [1.54, 1.807) is 45.0 Å². The first-order valence-electron chi connectivity index (χ1n) is 12.5. The number of carbonyl (C=O) groups excluding carboxylic acids is 1. The Morgan fingerprint density at radius 2 is 1.89 bits per heavy atom. The fourth-order valence-corrected chi connectivity index (χ4v) is 5.04. The van der Waals surface area contributed by atoms with E-state index in [9.17, 15) is 23.2 Å². The summed E-state index contributed by atoms with van der Waals surface area (Å²) < 4.78 is 64.4. The van der Waals surface area contributed by atoms with Crippen LogP contribution in [0.25, 0.3) is 0 Å². The van der Waals surface area contributed by atoms with Gasteiger partial charge in [-0.1, -0.05) is 30.3 Å². The van der Waals surface area contributed by atoms with E-state index in [0.717, 1.165) is 12.1 Å². The summed E-state index contributed by atoms with van der Waals surface area (Å²) >= 11 is 0. The Morgan fingerprint density at radius 3 is 2.61 bits per heavy atom. The van der Waals surface area contributed by atoms with Crippen LogP contribution in [0.1, 0.15) is 55.9 Å². The molecular formula is C28H31F3N2O5. The highest BCUT2D eigenvalue weighted by atomic mass is 19.4. The number of benzene rings is 2. The first-order valence-corrected chi connectivity index (χ1v) is 12.5. The molecule has 1 aliphatic carbocycles. The lowest BCUT2D eigenvalue weighted by atomic mass is 9.78. The van der Waals surface area contributed by atoms with Gasteiger partial charge in [-0.2, -0.15) is 18.4 Å². The second-order valence-corrected chi connectivity index (χ2v) is 10.0. The summed E-state index contributed by atoms with van der Waals surface area (Å²) in [6, 6.07) is 14.0. The molecule has 1 amide bonds. The van der Waals surface area contributed by atoms with Gasteiger partial charge in [0.05, 0.1) is 42.6 Å². The molecule has 1 saturated heterocycles. The normalized spacial score (nSPS) is 26.4. The van der Waals surface area contributed by atoms with Crippen LogP contribution >= 0.6 is 0 Å². The molecular weight excluding hydrogens is 501 g/mol. The highest BCUT2D eigenvalue weighted by Crippen LogP contribution is 2.44. The van der Waals surface area contributed by atoms with E-state index < -0.39 is 47.3 Å². The molecule has 7 nitrogen and oxygen atoms in total. The molecule has 1 saturated carbocycles. The van der Waals surface area contributed by atoms with Crippen LogP contribution in [0.15, 0.2) is 48.5 Å². The van der Waals surface area contributed by atoms with E-state index in [-0.39, 0.29) is 31.6 Å². The highest BCUT2D eigenvalue weighted by molar-refractivity contribution is 5.85. The van der Waals surface area contributed by atoms with Crippen LogP contribution in [0, 0.1) is 11.3 Å². The Hall–Kier alpha value is -2.97. The fourth-order valence-electron chi connectivity index (χ4n) is 5.04. The Morgan fingerprint density at radius 1 is 1.13 bits per heavy atom. The average Bonchev–Trinajstić information content (AvgIpc) is 3.19. The van der Waals surface area contributed by atoms with Gasteiger partial charge in [0.2, 0.25) is 0 Å². The smallest absolute Gasteiger partial charge is 0.371 e. The number of amides is 1. The van der Waals surface area contributed by atoms with Crippen LogP contribution in [0.3, 0.4) is 0 Å².